The maximum absolute atomic E-state index is 11.9. The van der Waals surface area contributed by atoms with Gasteiger partial charge < -0.3 is 5.32 Å². The summed E-state index contributed by atoms with van der Waals surface area (Å²) in [6.07, 6.45) is 7.49. The molecule has 106 valence electrons. The molecule has 0 radical (unpaired) electrons. The Morgan fingerprint density at radius 3 is 2.05 bits per heavy atom. The Morgan fingerprint density at radius 2 is 1.58 bits per heavy atom. The number of halogens is 1. The standard InChI is InChI=1S/C14H21ClN2O2/c15-2-1-12(18)16-13(19)17-14-6-9-3-10(7-14)5-11(4-9)8-14/h9-11H,1-8H2,(H2,16,17,18,19). The Balaban J connectivity index is 1.60. The van der Waals surface area contributed by atoms with E-state index in [0.717, 1.165) is 37.0 Å². The van der Waals surface area contributed by atoms with Crippen molar-refractivity contribution in [2.45, 2.75) is 50.5 Å². The summed E-state index contributed by atoms with van der Waals surface area (Å²) in [6.45, 7) is 0. The van der Waals surface area contributed by atoms with Crippen molar-refractivity contribution in [3.05, 3.63) is 0 Å². The molecule has 0 aliphatic heterocycles. The summed E-state index contributed by atoms with van der Waals surface area (Å²) in [7, 11) is 0. The van der Waals surface area contributed by atoms with Gasteiger partial charge in [-0.2, -0.15) is 0 Å². The van der Waals surface area contributed by atoms with Crippen molar-refractivity contribution >= 4 is 23.5 Å². The third-order valence-corrected chi connectivity index (χ3v) is 5.18. The van der Waals surface area contributed by atoms with E-state index < -0.39 is 0 Å². The molecule has 0 heterocycles. The molecule has 0 aromatic rings. The van der Waals surface area contributed by atoms with Gasteiger partial charge in [0.25, 0.3) is 0 Å². The first kappa shape index (κ1) is 13.2. The molecule has 19 heavy (non-hydrogen) atoms. The molecule has 4 rings (SSSR count). The average molecular weight is 285 g/mol. The highest BCUT2D eigenvalue weighted by molar-refractivity contribution is 6.19. The topological polar surface area (TPSA) is 58.2 Å². The summed E-state index contributed by atoms with van der Waals surface area (Å²) in [5.41, 5.74) is -0.0416. The minimum absolute atomic E-state index is 0.0416. The Hall–Kier alpha value is -0.770. The van der Waals surface area contributed by atoms with E-state index in [1.54, 1.807) is 0 Å². The molecule has 0 atom stereocenters. The monoisotopic (exact) mass is 284 g/mol. The van der Waals surface area contributed by atoms with Crippen LogP contribution in [0, 0.1) is 17.8 Å². The number of alkyl halides is 1. The third kappa shape index (κ3) is 2.73. The number of carbonyl (C=O) groups is 2. The smallest absolute Gasteiger partial charge is 0.321 e. The molecular weight excluding hydrogens is 264 g/mol. The second-order valence-corrected chi connectivity index (χ2v) is 7.02. The van der Waals surface area contributed by atoms with E-state index in [4.69, 9.17) is 11.6 Å². The Bertz CT molecular complexity index is 362. The quantitative estimate of drug-likeness (QED) is 0.782. The van der Waals surface area contributed by atoms with Crippen molar-refractivity contribution in [1.29, 1.82) is 0 Å². The van der Waals surface area contributed by atoms with E-state index >= 15 is 0 Å². The molecule has 4 fully saturated rings. The van der Waals surface area contributed by atoms with Crippen LogP contribution in [0.4, 0.5) is 4.79 Å². The van der Waals surface area contributed by atoms with Gasteiger partial charge >= 0.3 is 6.03 Å². The normalized spacial score (nSPS) is 39.1. The molecule has 0 aromatic heterocycles. The predicted molar refractivity (Wildman–Crippen MR) is 72.9 cm³/mol. The van der Waals surface area contributed by atoms with Gasteiger partial charge in [0, 0.05) is 17.8 Å². The Morgan fingerprint density at radius 1 is 1.05 bits per heavy atom. The lowest BCUT2D eigenvalue weighted by atomic mass is 9.53. The van der Waals surface area contributed by atoms with Crippen molar-refractivity contribution < 1.29 is 9.59 Å². The van der Waals surface area contributed by atoms with Crippen LogP contribution in [0.2, 0.25) is 0 Å². The molecule has 0 saturated heterocycles. The van der Waals surface area contributed by atoms with E-state index in [2.05, 4.69) is 10.6 Å². The van der Waals surface area contributed by atoms with Crippen molar-refractivity contribution in [2.24, 2.45) is 17.8 Å². The van der Waals surface area contributed by atoms with Crippen molar-refractivity contribution in [3.63, 3.8) is 0 Å². The van der Waals surface area contributed by atoms with Gasteiger partial charge in [0.2, 0.25) is 5.91 Å². The second-order valence-electron chi connectivity index (χ2n) is 6.64. The molecule has 4 aliphatic carbocycles. The lowest BCUT2D eigenvalue weighted by Gasteiger charge is -2.56. The number of urea groups is 1. The molecule has 0 spiro atoms. The van der Waals surface area contributed by atoms with E-state index in [-0.39, 0.29) is 29.8 Å². The van der Waals surface area contributed by atoms with Crippen LogP contribution >= 0.6 is 11.6 Å². The second kappa shape index (κ2) is 4.97. The first-order valence-corrected chi connectivity index (χ1v) is 7.80. The van der Waals surface area contributed by atoms with Gasteiger partial charge in [-0.05, 0) is 56.3 Å². The number of rotatable bonds is 3. The van der Waals surface area contributed by atoms with E-state index in [1.165, 1.54) is 19.3 Å². The van der Waals surface area contributed by atoms with Crippen molar-refractivity contribution in [1.82, 2.24) is 10.6 Å². The van der Waals surface area contributed by atoms with Gasteiger partial charge in [-0.25, -0.2) is 4.79 Å². The highest BCUT2D eigenvalue weighted by Crippen LogP contribution is 2.55. The van der Waals surface area contributed by atoms with Crippen LogP contribution in [-0.4, -0.2) is 23.4 Å². The third-order valence-electron chi connectivity index (χ3n) is 4.99. The first-order chi connectivity index (χ1) is 9.08. The van der Waals surface area contributed by atoms with E-state index in [0.29, 0.717) is 0 Å². The highest BCUT2D eigenvalue weighted by Gasteiger charge is 2.51. The lowest BCUT2D eigenvalue weighted by Crippen LogP contribution is -2.61. The maximum Gasteiger partial charge on any atom is 0.321 e. The number of hydrogen-bond acceptors (Lipinski definition) is 2. The van der Waals surface area contributed by atoms with Gasteiger partial charge in [0.05, 0.1) is 0 Å². The number of hydrogen-bond donors (Lipinski definition) is 2. The van der Waals surface area contributed by atoms with Crippen LogP contribution in [0.1, 0.15) is 44.9 Å². The zero-order valence-electron chi connectivity index (χ0n) is 11.1. The van der Waals surface area contributed by atoms with Crippen LogP contribution in [0.15, 0.2) is 0 Å². The van der Waals surface area contributed by atoms with Crippen LogP contribution in [0.25, 0.3) is 0 Å². The summed E-state index contributed by atoms with van der Waals surface area (Å²) >= 11 is 5.49. The summed E-state index contributed by atoms with van der Waals surface area (Å²) in [4.78, 5) is 23.3. The van der Waals surface area contributed by atoms with E-state index in [1.807, 2.05) is 0 Å². The summed E-state index contributed by atoms with van der Waals surface area (Å²) in [5.74, 6) is 2.30. The number of nitrogens with one attached hydrogen (secondary N) is 2. The van der Waals surface area contributed by atoms with Crippen LogP contribution in [-0.2, 0) is 4.79 Å². The molecular formula is C14H21ClN2O2. The molecule has 4 aliphatic rings. The van der Waals surface area contributed by atoms with Gasteiger partial charge in [-0.1, -0.05) is 0 Å². The molecule has 0 aromatic carbocycles. The number of amides is 3. The fourth-order valence-electron chi connectivity index (χ4n) is 4.81. The average Bonchev–Trinajstić information content (AvgIpc) is 2.25. The van der Waals surface area contributed by atoms with Crippen LogP contribution < -0.4 is 10.6 Å². The molecule has 4 bridgehead atoms. The molecule has 4 saturated carbocycles. The zero-order valence-corrected chi connectivity index (χ0v) is 11.8. The van der Waals surface area contributed by atoms with Gasteiger partial charge in [-0.3, -0.25) is 10.1 Å². The van der Waals surface area contributed by atoms with Gasteiger partial charge in [-0.15, -0.1) is 11.6 Å². The lowest BCUT2D eigenvalue weighted by molar-refractivity contribution is -0.119. The summed E-state index contributed by atoms with van der Waals surface area (Å²) in [6, 6.07) is -0.336. The summed E-state index contributed by atoms with van der Waals surface area (Å²) in [5, 5.41) is 5.48. The molecule has 0 unspecified atom stereocenters. The SMILES string of the molecule is O=C(CCCl)NC(=O)NC12CC3CC(CC(C3)C1)C2. The van der Waals surface area contributed by atoms with Crippen molar-refractivity contribution in [3.8, 4) is 0 Å². The minimum Gasteiger partial charge on any atom is -0.332 e. The first-order valence-electron chi connectivity index (χ1n) is 7.26. The highest BCUT2D eigenvalue weighted by atomic mass is 35.5. The predicted octanol–water partition coefficient (Wildman–Crippen LogP) is 2.41. The van der Waals surface area contributed by atoms with Gasteiger partial charge in [0.15, 0.2) is 0 Å². The van der Waals surface area contributed by atoms with Crippen LogP contribution in [0.5, 0.6) is 0 Å². The number of imide groups is 1. The molecule has 3 amide bonds. The minimum atomic E-state index is -0.336. The Labute approximate surface area is 118 Å². The van der Waals surface area contributed by atoms with Crippen LogP contribution in [0.3, 0.4) is 0 Å². The zero-order chi connectivity index (χ0) is 13.5. The van der Waals surface area contributed by atoms with Crippen molar-refractivity contribution in [2.75, 3.05) is 5.88 Å². The van der Waals surface area contributed by atoms with E-state index in [9.17, 15) is 9.59 Å². The maximum atomic E-state index is 11.9. The fourth-order valence-corrected chi connectivity index (χ4v) is 4.98. The summed E-state index contributed by atoms with van der Waals surface area (Å²) < 4.78 is 0. The van der Waals surface area contributed by atoms with Gasteiger partial charge in [0.1, 0.15) is 0 Å². The molecule has 5 heteroatoms. The fraction of sp³-hybridized carbons (Fsp3) is 0.857. The molecule has 2 N–H and O–H groups in total. The Kier molecular flexibility index (Phi) is 3.46. The number of carbonyl (C=O) groups excluding carboxylic acids is 2. The molecule has 4 nitrogen and oxygen atoms in total. The largest absolute Gasteiger partial charge is 0.332 e.